The minimum absolute atomic E-state index is 0.0633. The number of hydrogen-bond donors (Lipinski definition) is 2. The first-order chi connectivity index (χ1) is 9.99. The van der Waals surface area contributed by atoms with Crippen molar-refractivity contribution in [2.45, 2.75) is 52.5 Å². The van der Waals surface area contributed by atoms with Gasteiger partial charge in [-0.05, 0) is 45.7 Å². The second kappa shape index (κ2) is 7.02. The number of H-pyrrole nitrogens is 1. The summed E-state index contributed by atoms with van der Waals surface area (Å²) in [4.78, 5) is 18.9. The molecule has 0 radical (unpaired) electrons. The van der Waals surface area contributed by atoms with Crippen molar-refractivity contribution in [3.63, 3.8) is 0 Å². The molecule has 2 N–H and O–H groups in total. The molecule has 1 fully saturated rings. The largest absolute Gasteiger partial charge is 0.333 e. The first-order valence-corrected chi connectivity index (χ1v) is 7.93. The van der Waals surface area contributed by atoms with E-state index in [2.05, 4.69) is 34.3 Å². The number of carbonyl (C=O) groups is 1. The van der Waals surface area contributed by atoms with Gasteiger partial charge in [-0.15, -0.1) is 5.10 Å². The van der Waals surface area contributed by atoms with Gasteiger partial charge in [0.15, 0.2) is 0 Å². The summed E-state index contributed by atoms with van der Waals surface area (Å²) in [6.07, 6.45) is 2.25. The van der Waals surface area contributed by atoms with Crippen LogP contribution in [0.4, 0.5) is 0 Å². The monoisotopic (exact) mass is 293 g/mol. The van der Waals surface area contributed by atoms with Gasteiger partial charge in [-0.25, -0.2) is 4.98 Å². The number of carbonyl (C=O) groups excluding carboxylic acids is 1. The average molecular weight is 293 g/mol. The second-order valence-corrected chi connectivity index (χ2v) is 6.44. The third-order valence-electron chi connectivity index (χ3n) is 4.04. The molecule has 6 heteroatoms. The minimum atomic E-state index is -0.0633. The molecule has 118 valence electrons. The van der Waals surface area contributed by atoms with E-state index in [-0.39, 0.29) is 17.9 Å². The van der Waals surface area contributed by atoms with E-state index in [4.69, 9.17) is 0 Å². The Morgan fingerprint density at radius 1 is 1.29 bits per heavy atom. The van der Waals surface area contributed by atoms with Gasteiger partial charge in [-0.2, -0.15) is 0 Å². The molecule has 21 heavy (non-hydrogen) atoms. The van der Waals surface area contributed by atoms with Gasteiger partial charge in [0.25, 0.3) is 5.91 Å². The van der Waals surface area contributed by atoms with Crippen LogP contribution in [0.1, 0.15) is 62.9 Å². The van der Waals surface area contributed by atoms with Crippen molar-refractivity contribution in [3.05, 3.63) is 11.6 Å². The molecule has 1 aromatic heterocycles. The van der Waals surface area contributed by atoms with E-state index in [9.17, 15) is 4.79 Å². The Hall–Kier alpha value is -1.43. The summed E-state index contributed by atoms with van der Waals surface area (Å²) in [5, 5.41) is 10.3. The van der Waals surface area contributed by atoms with E-state index >= 15 is 0 Å². The predicted octanol–water partition coefficient (Wildman–Crippen LogP) is 1.78. The predicted molar refractivity (Wildman–Crippen MR) is 82.2 cm³/mol. The summed E-state index contributed by atoms with van der Waals surface area (Å²) in [5.41, 5.74) is 0. The van der Waals surface area contributed by atoms with Crippen molar-refractivity contribution < 1.29 is 4.79 Å². The first-order valence-electron chi connectivity index (χ1n) is 7.93. The van der Waals surface area contributed by atoms with Crippen LogP contribution in [0.25, 0.3) is 0 Å². The van der Waals surface area contributed by atoms with Crippen LogP contribution in [0.3, 0.4) is 0 Å². The highest BCUT2D eigenvalue weighted by molar-refractivity contribution is 5.90. The molecule has 0 saturated carbocycles. The number of rotatable bonds is 5. The van der Waals surface area contributed by atoms with Gasteiger partial charge in [0, 0.05) is 18.5 Å². The highest BCUT2D eigenvalue weighted by Gasteiger charge is 2.26. The number of nitrogens with zero attached hydrogens (tertiary/aromatic N) is 3. The number of amides is 1. The Morgan fingerprint density at radius 3 is 2.48 bits per heavy atom. The summed E-state index contributed by atoms with van der Waals surface area (Å²) < 4.78 is 0. The van der Waals surface area contributed by atoms with E-state index in [0.717, 1.165) is 38.3 Å². The standard InChI is InChI=1S/C15H27N5O/c1-10(2)13-17-14(19-18-13)15(21)20(11(3)4)9-12-5-7-16-8-6-12/h10-12,16H,5-9H2,1-4H3,(H,17,18,19). The molecule has 1 saturated heterocycles. The van der Waals surface area contributed by atoms with Crippen LogP contribution in [-0.4, -0.2) is 51.7 Å². The third-order valence-corrected chi connectivity index (χ3v) is 4.04. The summed E-state index contributed by atoms with van der Waals surface area (Å²) >= 11 is 0. The maximum absolute atomic E-state index is 12.7. The molecule has 0 spiro atoms. The number of hydrogen-bond acceptors (Lipinski definition) is 4. The molecule has 0 bridgehead atoms. The zero-order valence-electron chi connectivity index (χ0n) is 13.5. The van der Waals surface area contributed by atoms with Gasteiger partial charge in [0.1, 0.15) is 5.82 Å². The van der Waals surface area contributed by atoms with Crippen LogP contribution in [0, 0.1) is 5.92 Å². The molecule has 0 atom stereocenters. The Bertz CT molecular complexity index is 462. The smallest absolute Gasteiger partial charge is 0.293 e. The van der Waals surface area contributed by atoms with Crippen LogP contribution in [0.2, 0.25) is 0 Å². The number of aromatic nitrogens is 3. The van der Waals surface area contributed by atoms with Crippen molar-refractivity contribution >= 4 is 5.91 Å². The maximum Gasteiger partial charge on any atom is 0.293 e. The summed E-state index contributed by atoms with van der Waals surface area (Å²) in [6.45, 7) is 11.0. The van der Waals surface area contributed by atoms with Crippen LogP contribution < -0.4 is 5.32 Å². The lowest BCUT2D eigenvalue weighted by Crippen LogP contribution is -2.43. The van der Waals surface area contributed by atoms with Crippen LogP contribution in [0.5, 0.6) is 0 Å². The highest BCUT2D eigenvalue weighted by atomic mass is 16.2. The summed E-state index contributed by atoms with van der Waals surface area (Å²) in [5.74, 6) is 1.81. The quantitative estimate of drug-likeness (QED) is 0.868. The van der Waals surface area contributed by atoms with E-state index in [1.807, 2.05) is 18.7 Å². The molecule has 0 aromatic carbocycles. The topological polar surface area (TPSA) is 73.9 Å². The van der Waals surface area contributed by atoms with E-state index in [1.54, 1.807) is 0 Å². The van der Waals surface area contributed by atoms with Crippen LogP contribution in [-0.2, 0) is 0 Å². The molecule has 1 aromatic rings. The fourth-order valence-electron chi connectivity index (χ4n) is 2.63. The molecule has 1 aliphatic rings. The normalized spacial score (nSPS) is 16.7. The Kier molecular flexibility index (Phi) is 5.33. The lowest BCUT2D eigenvalue weighted by atomic mass is 9.97. The second-order valence-electron chi connectivity index (χ2n) is 6.44. The molecule has 0 unspecified atom stereocenters. The zero-order chi connectivity index (χ0) is 15.4. The Morgan fingerprint density at radius 2 is 1.95 bits per heavy atom. The molecular formula is C15H27N5O. The zero-order valence-corrected chi connectivity index (χ0v) is 13.5. The average Bonchev–Trinajstić information content (AvgIpc) is 2.95. The van der Waals surface area contributed by atoms with E-state index in [1.165, 1.54) is 0 Å². The molecule has 0 aliphatic carbocycles. The van der Waals surface area contributed by atoms with Gasteiger partial charge >= 0.3 is 0 Å². The fourth-order valence-corrected chi connectivity index (χ4v) is 2.63. The number of aromatic amines is 1. The maximum atomic E-state index is 12.7. The van der Waals surface area contributed by atoms with E-state index in [0.29, 0.717) is 11.7 Å². The van der Waals surface area contributed by atoms with Crippen molar-refractivity contribution in [1.82, 2.24) is 25.4 Å². The van der Waals surface area contributed by atoms with Crippen molar-refractivity contribution in [1.29, 1.82) is 0 Å². The summed E-state index contributed by atoms with van der Waals surface area (Å²) in [6, 6.07) is 0.161. The molecular weight excluding hydrogens is 266 g/mol. The molecule has 2 heterocycles. The van der Waals surface area contributed by atoms with Gasteiger partial charge < -0.3 is 10.2 Å². The van der Waals surface area contributed by atoms with E-state index < -0.39 is 0 Å². The SMILES string of the molecule is CC(C)c1nc(C(=O)N(CC2CCNCC2)C(C)C)n[nH]1. The third kappa shape index (κ3) is 4.03. The van der Waals surface area contributed by atoms with Gasteiger partial charge in [0.2, 0.25) is 5.82 Å². The fraction of sp³-hybridized carbons (Fsp3) is 0.800. The lowest BCUT2D eigenvalue weighted by molar-refractivity contribution is 0.0646. The Balaban J connectivity index is 2.07. The van der Waals surface area contributed by atoms with Gasteiger partial charge in [0.05, 0.1) is 0 Å². The molecule has 2 rings (SSSR count). The summed E-state index contributed by atoms with van der Waals surface area (Å²) in [7, 11) is 0. The van der Waals surface area contributed by atoms with Crippen molar-refractivity contribution in [3.8, 4) is 0 Å². The number of nitrogens with one attached hydrogen (secondary N) is 2. The van der Waals surface area contributed by atoms with Crippen LogP contribution >= 0.6 is 0 Å². The highest BCUT2D eigenvalue weighted by Crippen LogP contribution is 2.17. The molecule has 6 nitrogen and oxygen atoms in total. The minimum Gasteiger partial charge on any atom is -0.333 e. The van der Waals surface area contributed by atoms with Crippen molar-refractivity contribution in [2.24, 2.45) is 5.92 Å². The Labute approximate surface area is 126 Å². The lowest BCUT2D eigenvalue weighted by Gasteiger charge is -2.32. The molecule has 1 aliphatic heterocycles. The molecule has 1 amide bonds. The first kappa shape index (κ1) is 15.9. The van der Waals surface area contributed by atoms with Gasteiger partial charge in [-0.1, -0.05) is 13.8 Å². The number of piperidine rings is 1. The van der Waals surface area contributed by atoms with Gasteiger partial charge in [-0.3, -0.25) is 9.89 Å². The van der Waals surface area contributed by atoms with Crippen molar-refractivity contribution in [2.75, 3.05) is 19.6 Å². The van der Waals surface area contributed by atoms with Crippen LogP contribution in [0.15, 0.2) is 0 Å².